The lowest BCUT2D eigenvalue weighted by Gasteiger charge is -2.09. The fraction of sp³-hybridized carbons (Fsp3) is 0.133. The van der Waals surface area contributed by atoms with E-state index in [0.29, 0.717) is 17.4 Å². The predicted octanol–water partition coefficient (Wildman–Crippen LogP) is 3.92. The van der Waals surface area contributed by atoms with E-state index >= 15 is 0 Å². The van der Waals surface area contributed by atoms with Gasteiger partial charge in [-0.05, 0) is 36.6 Å². The van der Waals surface area contributed by atoms with Crippen molar-refractivity contribution in [3.8, 4) is 11.1 Å². The molecule has 0 aliphatic heterocycles. The standard InChI is InChI=1S/C15H13FO/c1-10-4-3-5-13(11(10)2)14-7-6-12(9-17)8-15(14)16/h3-9H,1-2H3. The smallest absolute Gasteiger partial charge is 0.150 e. The highest BCUT2D eigenvalue weighted by Gasteiger charge is 2.09. The Bertz CT molecular complexity index is 573. The van der Waals surface area contributed by atoms with Gasteiger partial charge in [0.25, 0.3) is 0 Å². The molecule has 0 atom stereocenters. The Kier molecular flexibility index (Phi) is 3.05. The second-order valence-corrected chi connectivity index (χ2v) is 4.10. The van der Waals surface area contributed by atoms with Crippen LogP contribution in [0.3, 0.4) is 0 Å². The average molecular weight is 228 g/mol. The van der Waals surface area contributed by atoms with Crippen LogP contribution in [0.5, 0.6) is 0 Å². The van der Waals surface area contributed by atoms with Gasteiger partial charge in [0.1, 0.15) is 12.1 Å². The van der Waals surface area contributed by atoms with Gasteiger partial charge in [-0.1, -0.05) is 30.3 Å². The summed E-state index contributed by atoms with van der Waals surface area (Å²) in [4.78, 5) is 10.6. The van der Waals surface area contributed by atoms with Crippen molar-refractivity contribution in [3.05, 3.63) is 58.9 Å². The zero-order valence-electron chi connectivity index (χ0n) is 9.83. The molecule has 0 aliphatic rings. The van der Waals surface area contributed by atoms with Crippen LogP contribution < -0.4 is 0 Å². The molecule has 1 nitrogen and oxygen atoms in total. The molecule has 0 radical (unpaired) electrons. The van der Waals surface area contributed by atoms with Gasteiger partial charge in [-0.2, -0.15) is 0 Å². The lowest BCUT2D eigenvalue weighted by molar-refractivity contribution is 0.112. The number of aryl methyl sites for hydroxylation is 1. The Labute approximate surface area is 99.9 Å². The van der Waals surface area contributed by atoms with Gasteiger partial charge < -0.3 is 0 Å². The van der Waals surface area contributed by atoms with Gasteiger partial charge in [-0.15, -0.1) is 0 Å². The molecule has 2 aromatic carbocycles. The van der Waals surface area contributed by atoms with E-state index in [-0.39, 0.29) is 5.82 Å². The van der Waals surface area contributed by atoms with Crippen molar-refractivity contribution in [2.75, 3.05) is 0 Å². The summed E-state index contributed by atoms with van der Waals surface area (Å²) >= 11 is 0. The van der Waals surface area contributed by atoms with Crippen molar-refractivity contribution in [1.29, 1.82) is 0 Å². The lowest BCUT2D eigenvalue weighted by Crippen LogP contribution is -1.92. The van der Waals surface area contributed by atoms with E-state index < -0.39 is 0 Å². The fourth-order valence-electron chi connectivity index (χ4n) is 1.87. The summed E-state index contributed by atoms with van der Waals surface area (Å²) in [6.07, 6.45) is 0.649. The van der Waals surface area contributed by atoms with Crippen molar-refractivity contribution in [1.82, 2.24) is 0 Å². The quantitative estimate of drug-likeness (QED) is 0.712. The molecule has 17 heavy (non-hydrogen) atoms. The molecule has 0 unspecified atom stereocenters. The first-order valence-corrected chi connectivity index (χ1v) is 5.45. The summed E-state index contributed by atoms with van der Waals surface area (Å²) in [6, 6.07) is 10.3. The number of carbonyl (C=O) groups excluding carboxylic acids is 1. The summed E-state index contributed by atoms with van der Waals surface area (Å²) in [6.45, 7) is 3.97. The maximum Gasteiger partial charge on any atom is 0.150 e. The Balaban J connectivity index is 2.61. The highest BCUT2D eigenvalue weighted by Crippen LogP contribution is 2.28. The minimum Gasteiger partial charge on any atom is -0.298 e. The molecule has 2 heteroatoms. The zero-order chi connectivity index (χ0) is 12.4. The number of benzene rings is 2. The van der Waals surface area contributed by atoms with Gasteiger partial charge in [0.2, 0.25) is 0 Å². The van der Waals surface area contributed by atoms with Crippen LogP contribution in [0.4, 0.5) is 4.39 Å². The van der Waals surface area contributed by atoms with Crippen LogP contribution in [0.25, 0.3) is 11.1 Å². The van der Waals surface area contributed by atoms with Crippen LogP contribution in [0, 0.1) is 19.7 Å². The molecule has 0 heterocycles. The third-order valence-electron chi connectivity index (χ3n) is 3.02. The van der Waals surface area contributed by atoms with Crippen LogP contribution in [-0.4, -0.2) is 6.29 Å². The predicted molar refractivity (Wildman–Crippen MR) is 66.7 cm³/mol. The third-order valence-corrected chi connectivity index (χ3v) is 3.02. The summed E-state index contributed by atoms with van der Waals surface area (Å²) < 4.78 is 13.9. The normalized spacial score (nSPS) is 10.3. The van der Waals surface area contributed by atoms with Crippen molar-refractivity contribution < 1.29 is 9.18 Å². The molecule has 0 saturated carbocycles. The second kappa shape index (κ2) is 4.50. The topological polar surface area (TPSA) is 17.1 Å². The van der Waals surface area contributed by atoms with Gasteiger partial charge in [-0.3, -0.25) is 4.79 Å². The van der Waals surface area contributed by atoms with E-state index in [4.69, 9.17) is 0 Å². The number of carbonyl (C=O) groups is 1. The molecule has 2 aromatic rings. The van der Waals surface area contributed by atoms with Gasteiger partial charge in [0, 0.05) is 11.1 Å². The molecule has 0 aromatic heterocycles. The largest absolute Gasteiger partial charge is 0.298 e. The van der Waals surface area contributed by atoms with E-state index in [0.717, 1.165) is 16.7 Å². The molecule has 0 bridgehead atoms. The first-order valence-electron chi connectivity index (χ1n) is 5.45. The molecule has 0 spiro atoms. The number of hydrogen-bond donors (Lipinski definition) is 0. The van der Waals surface area contributed by atoms with Gasteiger partial charge in [0.05, 0.1) is 0 Å². The number of halogens is 1. The first-order chi connectivity index (χ1) is 8.13. The van der Waals surface area contributed by atoms with E-state index in [9.17, 15) is 9.18 Å². The molecule has 0 amide bonds. The molecule has 86 valence electrons. The van der Waals surface area contributed by atoms with Crippen molar-refractivity contribution in [3.63, 3.8) is 0 Å². The molecular formula is C15H13FO. The second-order valence-electron chi connectivity index (χ2n) is 4.10. The summed E-state index contributed by atoms with van der Waals surface area (Å²) in [5, 5.41) is 0. The minimum absolute atomic E-state index is 0.358. The maximum absolute atomic E-state index is 13.9. The molecular weight excluding hydrogens is 215 g/mol. The van der Waals surface area contributed by atoms with Crippen LogP contribution in [0.1, 0.15) is 21.5 Å². The molecule has 0 fully saturated rings. The molecule has 0 saturated heterocycles. The first kappa shape index (κ1) is 11.5. The Hall–Kier alpha value is -1.96. The highest BCUT2D eigenvalue weighted by atomic mass is 19.1. The van der Waals surface area contributed by atoms with Crippen molar-refractivity contribution in [2.45, 2.75) is 13.8 Å². The lowest BCUT2D eigenvalue weighted by atomic mass is 9.96. The molecule has 2 rings (SSSR count). The van der Waals surface area contributed by atoms with Crippen molar-refractivity contribution >= 4 is 6.29 Å². The Morgan fingerprint density at radius 2 is 1.82 bits per heavy atom. The minimum atomic E-state index is -0.358. The molecule has 0 aliphatic carbocycles. The fourth-order valence-corrected chi connectivity index (χ4v) is 1.87. The van der Waals surface area contributed by atoms with E-state index in [1.807, 2.05) is 32.0 Å². The Morgan fingerprint density at radius 1 is 1.06 bits per heavy atom. The summed E-state index contributed by atoms with van der Waals surface area (Å²) in [5.74, 6) is -0.358. The number of hydrogen-bond acceptors (Lipinski definition) is 1. The zero-order valence-corrected chi connectivity index (χ0v) is 9.83. The van der Waals surface area contributed by atoms with Gasteiger partial charge >= 0.3 is 0 Å². The van der Waals surface area contributed by atoms with Crippen LogP contribution in [0.2, 0.25) is 0 Å². The number of rotatable bonds is 2. The molecule has 0 N–H and O–H groups in total. The van der Waals surface area contributed by atoms with E-state index in [1.54, 1.807) is 12.1 Å². The SMILES string of the molecule is Cc1cccc(-c2ccc(C=O)cc2F)c1C. The van der Waals surface area contributed by atoms with E-state index in [2.05, 4.69) is 0 Å². The van der Waals surface area contributed by atoms with Gasteiger partial charge in [-0.25, -0.2) is 4.39 Å². The number of aldehydes is 1. The summed E-state index contributed by atoms with van der Waals surface area (Å²) in [7, 11) is 0. The van der Waals surface area contributed by atoms with Crippen LogP contribution >= 0.6 is 0 Å². The highest BCUT2D eigenvalue weighted by molar-refractivity contribution is 5.78. The van der Waals surface area contributed by atoms with Crippen LogP contribution in [0.15, 0.2) is 36.4 Å². The van der Waals surface area contributed by atoms with E-state index in [1.165, 1.54) is 6.07 Å². The third kappa shape index (κ3) is 2.11. The summed E-state index contributed by atoms with van der Waals surface area (Å²) in [5.41, 5.74) is 3.96. The average Bonchev–Trinajstić information content (AvgIpc) is 2.33. The maximum atomic E-state index is 13.9. The Morgan fingerprint density at radius 3 is 2.47 bits per heavy atom. The van der Waals surface area contributed by atoms with Crippen LogP contribution in [-0.2, 0) is 0 Å². The van der Waals surface area contributed by atoms with Crippen molar-refractivity contribution in [2.24, 2.45) is 0 Å². The van der Waals surface area contributed by atoms with Gasteiger partial charge in [0.15, 0.2) is 0 Å². The monoisotopic (exact) mass is 228 g/mol.